The molecule has 140 valence electrons. The second-order valence-electron chi connectivity index (χ2n) is 7.96. The number of hydrogen-bond acceptors (Lipinski definition) is 3. The Balaban J connectivity index is 1.29. The fourth-order valence-electron chi connectivity index (χ4n) is 4.14. The van der Waals surface area contributed by atoms with Crippen molar-refractivity contribution in [3.05, 3.63) is 24.3 Å². The molecule has 2 aliphatic carbocycles. The number of piperazine rings is 1. The minimum atomic E-state index is 0.171. The zero-order chi connectivity index (χ0) is 17.9. The first-order valence-corrected chi connectivity index (χ1v) is 10.2. The third-order valence-corrected chi connectivity index (χ3v) is 5.99. The van der Waals surface area contributed by atoms with Crippen LogP contribution in [-0.2, 0) is 9.59 Å². The highest BCUT2D eigenvalue weighted by molar-refractivity contribution is 5.92. The van der Waals surface area contributed by atoms with Gasteiger partial charge >= 0.3 is 0 Å². The summed E-state index contributed by atoms with van der Waals surface area (Å²) in [5.74, 6) is 1.02. The van der Waals surface area contributed by atoms with E-state index < -0.39 is 0 Å². The lowest BCUT2D eigenvalue weighted by molar-refractivity contribution is -0.132. The maximum Gasteiger partial charge on any atom is 0.227 e. The second kappa shape index (κ2) is 7.68. The predicted octanol–water partition coefficient (Wildman–Crippen LogP) is 3.26. The first kappa shape index (κ1) is 17.4. The molecule has 0 spiro atoms. The monoisotopic (exact) mass is 355 g/mol. The minimum Gasteiger partial charge on any atom is -0.368 e. The summed E-state index contributed by atoms with van der Waals surface area (Å²) in [6.07, 6.45) is 7.80. The summed E-state index contributed by atoms with van der Waals surface area (Å²) in [7, 11) is 0. The van der Waals surface area contributed by atoms with Crippen molar-refractivity contribution in [2.24, 2.45) is 11.8 Å². The highest BCUT2D eigenvalue weighted by Crippen LogP contribution is 2.31. The number of rotatable bonds is 4. The molecular formula is C21H29N3O2. The van der Waals surface area contributed by atoms with Crippen LogP contribution < -0.4 is 10.2 Å². The van der Waals surface area contributed by atoms with E-state index in [4.69, 9.17) is 0 Å². The van der Waals surface area contributed by atoms with Gasteiger partial charge in [0, 0.05) is 49.4 Å². The largest absolute Gasteiger partial charge is 0.368 e. The molecule has 1 aliphatic heterocycles. The SMILES string of the molecule is O=C(Nc1ccc(N2CCN(C(=O)C3CC3)CC2)cc1)C1CCCCC1. The van der Waals surface area contributed by atoms with Crippen molar-refractivity contribution in [1.82, 2.24) is 4.90 Å². The lowest BCUT2D eigenvalue weighted by Crippen LogP contribution is -2.49. The molecule has 5 heteroatoms. The van der Waals surface area contributed by atoms with E-state index in [0.29, 0.717) is 11.8 Å². The summed E-state index contributed by atoms with van der Waals surface area (Å²) >= 11 is 0. The quantitative estimate of drug-likeness (QED) is 0.902. The second-order valence-corrected chi connectivity index (χ2v) is 7.96. The molecule has 1 aromatic carbocycles. The van der Waals surface area contributed by atoms with E-state index in [-0.39, 0.29) is 11.8 Å². The molecule has 2 amide bonds. The van der Waals surface area contributed by atoms with Crippen LogP contribution in [0, 0.1) is 11.8 Å². The minimum absolute atomic E-state index is 0.171. The van der Waals surface area contributed by atoms with Crippen LogP contribution in [0.15, 0.2) is 24.3 Å². The Morgan fingerprint density at radius 3 is 2.08 bits per heavy atom. The van der Waals surface area contributed by atoms with Gasteiger partial charge in [0.25, 0.3) is 0 Å². The van der Waals surface area contributed by atoms with E-state index in [1.54, 1.807) is 0 Å². The normalized spacial score (nSPS) is 21.5. The summed E-state index contributed by atoms with van der Waals surface area (Å²) in [5, 5.41) is 3.07. The van der Waals surface area contributed by atoms with Crippen molar-refractivity contribution in [3.63, 3.8) is 0 Å². The van der Waals surface area contributed by atoms with Crippen molar-refractivity contribution >= 4 is 23.2 Å². The summed E-state index contributed by atoms with van der Waals surface area (Å²) in [5.41, 5.74) is 2.05. The predicted molar refractivity (Wildman–Crippen MR) is 103 cm³/mol. The molecule has 5 nitrogen and oxygen atoms in total. The molecule has 26 heavy (non-hydrogen) atoms. The van der Waals surface area contributed by atoms with Crippen molar-refractivity contribution < 1.29 is 9.59 Å². The van der Waals surface area contributed by atoms with Gasteiger partial charge in [0.05, 0.1) is 0 Å². The van der Waals surface area contributed by atoms with Crippen LogP contribution in [0.1, 0.15) is 44.9 Å². The third-order valence-electron chi connectivity index (χ3n) is 5.99. The molecule has 0 unspecified atom stereocenters. The molecule has 1 heterocycles. The van der Waals surface area contributed by atoms with Crippen molar-refractivity contribution in [2.75, 3.05) is 36.4 Å². The molecule has 1 aromatic rings. The molecule has 3 aliphatic rings. The summed E-state index contributed by atoms with van der Waals surface area (Å²) < 4.78 is 0. The zero-order valence-corrected chi connectivity index (χ0v) is 15.5. The maximum atomic E-state index is 12.4. The fraction of sp³-hybridized carbons (Fsp3) is 0.619. The van der Waals surface area contributed by atoms with E-state index in [9.17, 15) is 9.59 Å². The molecule has 0 bridgehead atoms. The van der Waals surface area contributed by atoms with E-state index in [0.717, 1.165) is 57.5 Å². The fourth-order valence-corrected chi connectivity index (χ4v) is 4.14. The van der Waals surface area contributed by atoms with Crippen LogP contribution in [0.3, 0.4) is 0 Å². The summed E-state index contributed by atoms with van der Waals surface area (Å²) in [6.45, 7) is 3.39. The highest BCUT2D eigenvalue weighted by Gasteiger charge is 2.34. The molecule has 0 radical (unpaired) electrons. The number of anilines is 2. The van der Waals surface area contributed by atoms with Gasteiger partial charge in [0.1, 0.15) is 0 Å². The van der Waals surface area contributed by atoms with Gasteiger partial charge < -0.3 is 15.1 Å². The zero-order valence-electron chi connectivity index (χ0n) is 15.5. The molecule has 4 rings (SSSR count). The van der Waals surface area contributed by atoms with E-state index in [1.807, 2.05) is 17.0 Å². The Bertz CT molecular complexity index is 640. The van der Waals surface area contributed by atoms with Crippen molar-refractivity contribution in [1.29, 1.82) is 0 Å². The van der Waals surface area contributed by atoms with Crippen molar-refractivity contribution in [2.45, 2.75) is 44.9 Å². The van der Waals surface area contributed by atoms with Gasteiger partial charge in [-0.15, -0.1) is 0 Å². The van der Waals surface area contributed by atoms with Crippen LogP contribution >= 0.6 is 0 Å². The van der Waals surface area contributed by atoms with Gasteiger partial charge in [-0.1, -0.05) is 19.3 Å². The smallest absolute Gasteiger partial charge is 0.227 e. The third kappa shape index (κ3) is 4.02. The van der Waals surface area contributed by atoms with Crippen molar-refractivity contribution in [3.8, 4) is 0 Å². The number of amides is 2. The van der Waals surface area contributed by atoms with Gasteiger partial charge in [-0.3, -0.25) is 9.59 Å². The number of nitrogens with one attached hydrogen (secondary N) is 1. The molecule has 0 atom stereocenters. The summed E-state index contributed by atoms with van der Waals surface area (Å²) in [6, 6.07) is 8.15. The highest BCUT2D eigenvalue weighted by atomic mass is 16.2. The van der Waals surface area contributed by atoms with Crippen LogP contribution in [0.2, 0.25) is 0 Å². The molecule has 2 saturated carbocycles. The average molecular weight is 355 g/mol. The van der Waals surface area contributed by atoms with E-state index >= 15 is 0 Å². The van der Waals surface area contributed by atoms with Gasteiger partial charge in [-0.25, -0.2) is 0 Å². The Kier molecular flexibility index (Phi) is 5.14. The van der Waals surface area contributed by atoms with Crippen LogP contribution in [-0.4, -0.2) is 42.9 Å². The van der Waals surface area contributed by atoms with Gasteiger partial charge in [-0.05, 0) is 49.9 Å². The number of benzene rings is 1. The summed E-state index contributed by atoms with van der Waals surface area (Å²) in [4.78, 5) is 28.8. The molecule has 0 aromatic heterocycles. The molecule has 3 fully saturated rings. The lowest BCUT2D eigenvalue weighted by atomic mass is 9.88. The number of nitrogens with zero attached hydrogens (tertiary/aromatic N) is 2. The molecule has 1 N–H and O–H groups in total. The number of carbonyl (C=O) groups excluding carboxylic acids is 2. The topological polar surface area (TPSA) is 52.7 Å². The van der Waals surface area contributed by atoms with E-state index in [1.165, 1.54) is 24.9 Å². The van der Waals surface area contributed by atoms with Gasteiger partial charge in [0.15, 0.2) is 0 Å². The van der Waals surface area contributed by atoms with E-state index in [2.05, 4.69) is 22.3 Å². The first-order valence-electron chi connectivity index (χ1n) is 10.2. The molecule has 1 saturated heterocycles. The Labute approximate surface area is 155 Å². The Hall–Kier alpha value is -2.04. The maximum absolute atomic E-state index is 12.4. The first-order chi connectivity index (χ1) is 12.7. The average Bonchev–Trinajstić information content (AvgIpc) is 3.54. The van der Waals surface area contributed by atoms with Crippen LogP contribution in [0.4, 0.5) is 11.4 Å². The van der Waals surface area contributed by atoms with Gasteiger partial charge in [0.2, 0.25) is 11.8 Å². The Morgan fingerprint density at radius 1 is 0.808 bits per heavy atom. The van der Waals surface area contributed by atoms with Gasteiger partial charge in [-0.2, -0.15) is 0 Å². The lowest BCUT2D eigenvalue weighted by Gasteiger charge is -2.36. The number of hydrogen-bond donors (Lipinski definition) is 1. The molecular weight excluding hydrogens is 326 g/mol. The van der Waals surface area contributed by atoms with Crippen LogP contribution in [0.25, 0.3) is 0 Å². The Morgan fingerprint density at radius 2 is 1.46 bits per heavy atom. The standard InChI is InChI=1S/C21H29N3O2/c25-20(16-4-2-1-3-5-16)22-18-8-10-19(11-9-18)23-12-14-24(15-13-23)21(26)17-6-7-17/h8-11,16-17H,1-7,12-15H2,(H,22,25). The number of carbonyl (C=O) groups is 2. The van der Waals surface area contributed by atoms with Crippen LogP contribution in [0.5, 0.6) is 0 Å².